The number of nitrogens with zero attached hydrogens (tertiary/aromatic N) is 1. The first-order valence-electron chi connectivity index (χ1n) is 3.75. The largest absolute Gasteiger partial charge is 0.427 e. The number of unbranched alkanes of at least 4 members (excludes halogenated alkanes) is 1. The smallest absolute Gasteiger partial charge is 0.270 e. The molecule has 64 valence electrons. The van der Waals surface area contributed by atoms with Gasteiger partial charge in [0.05, 0.1) is 6.07 Å². The highest BCUT2D eigenvalue weighted by atomic mass is 28.4. The molecule has 0 spiro atoms. The number of rotatable bonds is 4. The van der Waals surface area contributed by atoms with E-state index in [0.29, 0.717) is 6.42 Å². The van der Waals surface area contributed by atoms with Crippen LogP contribution in [0, 0.1) is 11.3 Å². The number of hydrogen-bond acceptors (Lipinski definition) is 1. The Balaban J connectivity index is 3.66. The predicted molar refractivity (Wildman–Crippen MR) is 42.7 cm³/mol. The maximum Gasteiger partial charge on any atom is 0.427 e. The van der Waals surface area contributed by atoms with Gasteiger partial charge in [0.2, 0.25) is 0 Å². The molecular weight excluding hydrogens is 164 g/mol. The summed E-state index contributed by atoms with van der Waals surface area (Å²) in [5, 5.41) is 8.12. The van der Waals surface area contributed by atoms with Gasteiger partial charge >= 0.3 is 8.74 Å². The molecule has 0 aromatic rings. The summed E-state index contributed by atoms with van der Waals surface area (Å²) in [5.74, 6) is 0. The highest BCUT2D eigenvalue weighted by Crippen LogP contribution is 2.29. The quantitative estimate of drug-likeness (QED) is 0.368. The molecule has 1 nitrogen and oxygen atoms in total. The zero-order valence-corrected chi connectivity index (χ0v) is 7.90. The van der Waals surface area contributed by atoms with E-state index in [1.54, 1.807) is 13.8 Å². The molecule has 0 aromatic heterocycles. The Labute approximate surface area is 67.4 Å². The van der Waals surface area contributed by atoms with Gasteiger partial charge in [-0.15, -0.1) is 0 Å². The Morgan fingerprint density at radius 3 is 2.36 bits per heavy atom. The van der Waals surface area contributed by atoms with Crippen LogP contribution in [0.2, 0.25) is 11.6 Å². The van der Waals surface area contributed by atoms with Crippen molar-refractivity contribution in [3.63, 3.8) is 0 Å². The summed E-state index contributed by atoms with van der Waals surface area (Å²) in [5.41, 5.74) is -0.485. The Morgan fingerprint density at radius 2 is 2.00 bits per heavy atom. The number of halogens is 2. The van der Waals surface area contributed by atoms with Crippen LogP contribution in [0.4, 0.5) is 8.22 Å². The third-order valence-electron chi connectivity index (χ3n) is 1.64. The zero-order valence-electron chi connectivity index (χ0n) is 6.90. The van der Waals surface area contributed by atoms with Crippen LogP contribution < -0.4 is 0 Å². The highest BCUT2D eigenvalue weighted by molar-refractivity contribution is 6.67. The Hall–Kier alpha value is -0.433. The van der Waals surface area contributed by atoms with E-state index >= 15 is 0 Å². The minimum absolute atomic E-state index is 0.0295. The van der Waals surface area contributed by atoms with Crippen LogP contribution in [0.25, 0.3) is 0 Å². The molecule has 0 rings (SSSR count). The Bertz CT molecular complexity index is 151. The van der Waals surface area contributed by atoms with Crippen molar-refractivity contribution in [2.75, 3.05) is 0 Å². The first-order chi connectivity index (χ1) is 5.00. The van der Waals surface area contributed by atoms with E-state index in [1.807, 2.05) is 6.07 Å². The van der Waals surface area contributed by atoms with Gasteiger partial charge < -0.3 is 0 Å². The van der Waals surface area contributed by atoms with Crippen LogP contribution in [0.1, 0.15) is 26.7 Å². The summed E-state index contributed by atoms with van der Waals surface area (Å²) in [4.78, 5) is 0. The summed E-state index contributed by atoms with van der Waals surface area (Å²) in [6.45, 7) is 3.11. The van der Waals surface area contributed by atoms with Gasteiger partial charge in [0.15, 0.2) is 0 Å². The summed E-state index contributed by atoms with van der Waals surface area (Å²) in [7, 11) is -3.97. The lowest BCUT2D eigenvalue weighted by Crippen LogP contribution is -2.25. The van der Waals surface area contributed by atoms with Gasteiger partial charge in [0.1, 0.15) is 0 Å². The molecule has 0 bridgehead atoms. The second kappa shape index (κ2) is 4.45. The van der Waals surface area contributed by atoms with Crippen molar-refractivity contribution in [1.82, 2.24) is 0 Å². The monoisotopic (exact) mass is 177 g/mol. The van der Waals surface area contributed by atoms with Gasteiger partial charge in [-0.1, -0.05) is 13.8 Å². The lowest BCUT2D eigenvalue weighted by Gasteiger charge is -2.15. The molecule has 0 aliphatic rings. The summed E-state index contributed by atoms with van der Waals surface area (Å²) in [6.07, 6.45) is 0.614. The molecule has 0 unspecified atom stereocenters. The van der Waals surface area contributed by atoms with E-state index in [2.05, 4.69) is 0 Å². The van der Waals surface area contributed by atoms with Crippen LogP contribution >= 0.6 is 0 Å². The van der Waals surface area contributed by atoms with Crippen LogP contribution in [0.5, 0.6) is 0 Å². The van der Waals surface area contributed by atoms with Crippen molar-refractivity contribution in [3.05, 3.63) is 0 Å². The molecule has 0 aliphatic heterocycles. The standard InChI is InChI=1S/C7H13F2NSi/c1-7(2)11(8,9)6-4-3-5-10/h7H,3-4,6H2,1-2H3. The van der Waals surface area contributed by atoms with Gasteiger partial charge in [-0.05, 0) is 12.5 Å². The molecule has 0 fully saturated rings. The summed E-state index contributed by atoms with van der Waals surface area (Å²) >= 11 is 0. The third kappa shape index (κ3) is 4.09. The van der Waals surface area contributed by atoms with Crippen LogP contribution in [0.15, 0.2) is 0 Å². The van der Waals surface area contributed by atoms with Crippen molar-refractivity contribution in [2.24, 2.45) is 0 Å². The van der Waals surface area contributed by atoms with Crippen molar-refractivity contribution in [3.8, 4) is 6.07 Å². The molecule has 0 aromatic carbocycles. The molecule has 0 saturated heterocycles. The third-order valence-corrected chi connectivity index (χ3v) is 4.35. The van der Waals surface area contributed by atoms with E-state index in [1.165, 1.54) is 0 Å². The number of hydrogen-bond donors (Lipinski definition) is 0. The molecule has 0 N–H and O–H groups in total. The predicted octanol–water partition coefficient (Wildman–Crippen LogP) is 3.08. The molecule has 0 aliphatic carbocycles. The fourth-order valence-corrected chi connectivity index (χ4v) is 1.92. The van der Waals surface area contributed by atoms with Gasteiger partial charge in [-0.2, -0.15) is 5.26 Å². The maximum absolute atomic E-state index is 12.9. The van der Waals surface area contributed by atoms with E-state index in [9.17, 15) is 8.22 Å². The molecule has 0 atom stereocenters. The number of nitriles is 1. The van der Waals surface area contributed by atoms with E-state index in [-0.39, 0.29) is 12.5 Å². The van der Waals surface area contributed by atoms with Crippen LogP contribution in [-0.2, 0) is 0 Å². The lowest BCUT2D eigenvalue weighted by molar-refractivity contribution is 0.552. The Morgan fingerprint density at radius 1 is 1.45 bits per heavy atom. The maximum atomic E-state index is 12.9. The molecule has 0 saturated carbocycles. The van der Waals surface area contributed by atoms with Crippen LogP contribution in [-0.4, -0.2) is 8.74 Å². The van der Waals surface area contributed by atoms with Crippen molar-refractivity contribution >= 4 is 8.74 Å². The van der Waals surface area contributed by atoms with Gasteiger partial charge in [-0.3, -0.25) is 8.22 Å². The highest BCUT2D eigenvalue weighted by Gasteiger charge is 2.38. The fourth-order valence-electron chi connectivity index (χ4n) is 0.692. The lowest BCUT2D eigenvalue weighted by atomic mass is 10.4. The minimum Gasteiger partial charge on any atom is -0.270 e. The topological polar surface area (TPSA) is 23.8 Å². The average Bonchev–Trinajstić information content (AvgIpc) is 1.88. The zero-order chi connectivity index (χ0) is 8.91. The average molecular weight is 177 g/mol. The normalized spacial score (nSPS) is 11.6. The summed E-state index contributed by atoms with van der Waals surface area (Å²) < 4.78 is 25.8. The van der Waals surface area contributed by atoms with Gasteiger partial charge in [0.25, 0.3) is 0 Å². The molecule has 11 heavy (non-hydrogen) atoms. The van der Waals surface area contributed by atoms with Gasteiger partial charge in [0, 0.05) is 12.0 Å². The molecule has 0 radical (unpaired) electrons. The second-order valence-electron chi connectivity index (χ2n) is 2.93. The minimum atomic E-state index is -3.97. The fraction of sp³-hybridized carbons (Fsp3) is 0.857. The van der Waals surface area contributed by atoms with Gasteiger partial charge in [-0.25, -0.2) is 0 Å². The first-order valence-corrected chi connectivity index (χ1v) is 5.79. The van der Waals surface area contributed by atoms with Crippen LogP contribution in [0.3, 0.4) is 0 Å². The van der Waals surface area contributed by atoms with E-state index < -0.39 is 14.3 Å². The molecule has 0 amide bonds. The summed E-state index contributed by atoms with van der Waals surface area (Å²) in [6, 6.07) is 1.84. The Kier molecular flexibility index (Phi) is 4.27. The van der Waals surface area contributed by atoms with Crippen molar-refractivity contribution in [2.45, 2.75) is 38.3 Å². The second-order valence-corrected chi connectivity index (χ2v) is 6.10. The van der Waals surface area contributed by atoms with Crippen molar-refractivity contribution < 1.29 is 8.22 Å². The van der Waals surface area contributed by atoms with E-state index in [4.69, 9.17) is 5.26 Å². The molecule has 4 heteroatoms. The van der Waals surface area contributed by atoms with E-state index in [0.717, 1.165) is 0 Å². The van der Waals surface area contributed by atoms with Crippen molar-refractivity contribution in [1.29, 1.82) is 5.26 Å². The molecular formula is C7H13F2NSi. The first kappa shape index (κ1) is 10.6. The SMILES string of the molecule is CC(C)[Si](F)(F)CCCC#N. The molecule has 0 heterocycles.